The Balaban J connectivity index is 1.76. The van der Waals surface area contributed by atoms with E-state index in [0.717, 1.165) is 48.5 Å². The highest BCUT2D eigenvalue weighted by atomic mass is 19.1. The van der Waals surface area contributed by atoms with Crippen LogP contribution < -0.4 is 5.32 Å². The van der Waals surface area contributed by atoms with E-state index in [4.69, 9.17) is 4.98 Å². The first-order valence-electron chi connectivity index (χ1n) is 7.54. The van der Waals surface area contributed by atoms with Gasteiger partial charge in [0.05, 0.1) is 0 Å². The number of halogens is 1. The first kappa shape index (κ1) is 13.2. The minimum atomic E-state index is -0.257. The molecule has 3 heterocycles. The molecule has 0 amide bonds. The minimum absolute atomic E-state index is 0.257. The van der Waals surface area contributed by atoms with Crippen LogP contribution in [-0.2, 0) is 13.0 Å². The monoisotopic (exact) mass is 297 g/mol. The van der Waals surface area contributed by atoms with Gasteiger partial charge in [-0.15, -0.1) is 0 Å². The highest BCUT2D eigenvalue weighted by molar-refractivity contribution is 5.85. The molecule has 0 unspecified atom stereocenters. The zero-order chi connectivity index (χ0) is 14.9. The van der Waals surface area contributed by atoms with E-state index in [-0.39, 0.29) is 5.82 Å². The maximum Gasteiger partial charge on any atom is 0.165 e. The number of imidazole rings is 1. The minimum Gasteiger partial charge on any atom is -0.338 e. The third-order valence-electron chi connectivity index (χ3n) is 4.00. The summed E-state index contributed by atoms with van der Waals surface area (Å²) in [5, 5.41) is 3.21. The van der Waals surface area contributed by atoms with Crippen molar-refractivity contribution >= 4 is 22.7 Å². The average molecular weight is 297 g/mol. The van der Waals surface area contributed by atoms with Crippen molar-refractivity contribution in [1.29, 1.82) is 0 Å². The van der Waals surface area contributed by atoms with Crippen molar-refractivity contribution < 1.29 is 4.39 Å². The van der Waals surface area contributed by atoms with Crippen LogP contribution in [0.25, 0.3) is 11.2 Å². The van der Waals surface area contributed by atoms with Crippen molar-refractivity contribution in [1.82, 2.24) is 19.5 Å². The van der Waals surface area contributed by atoms with Crippen LogP contribution in [0.4, 0.5) is 15.9 Å². The summed E-state index contributed by atoms with van der Waals surface area (Å²) in [5.41, 5.74) is 2.44. The number of rotatable bonds is 2. The fourth-order valence-electron chi connectivity index (χ4n) is 2.90. The summed E-state index contributed by atoms with van der Waals surface area (Å²) in [7, 11) is 0. The van der Waals surface area contributed by atoms with Crippen LogP contribution in [0.1, 0.15) is 25.1 Å². The topological polar surface area (TPSA) is 55.6 Å². The number of aromatic nitrogens is 4. The molecular formula is C16H16FN5. The van der Waals surface area contributed by atoms with Crippen molar-refractivity contribution in [2.45, 2.75) is 32.2 Å². The number of hydrogen-bond acceptors (Lipinski definition) is 4. The van der Waals surface area contributed by atoms with Crippen LogP contribution in [0.5, 0.6) is 0 Å². The third-order valence-corrected chi connectivity index (χ3v) is 4.00. The van der Waals surface area contributed by atoms with Crippen LogP contribution in [0.3, 0.4) is 0 Å². The van der Waals surface area contributed by atoms with E-state index < -0.39 is 0 Å². The molecule has 0 saturated heterocycles. The molecule has 22 heavy (non-hydrogen) atoms. The molecule has 1 aliphatic rings. The van der Waals surface area contributed by atoms with Crippen molar-refractivity contribution in [3.05, 3.63) is 42.2 Å². The van der Waals surface area contributed by atoms with Gasteiger partial charge >= 0.3 is 0 Å². The molecule has 112 valence electrons. The lowest BCUT2D eigenvalue weighted by Gasteiger charge is -2.06. The summed E-state index contributed by atoms with van der Waals surface area (Å²) >= 11 is 0. The number of hydrogen-bond donors (Lipinski definition) is 1. The second kappa shape index (κ2) is 5.36. The molecule has 0 spiro atoms. The smallest absolute Gasteiger partial charge is 0.165 e. The molecule has 0 saturated carbocycles. The van der Waals surface area contributed by atoms with Crippen LogP contribution >= 0.6 is 0 Å². The largest absolute Gasteiger partial charge is 0.338 e. The molecule has 0 radical (unpaired) electrons. The molecule has 2 aromatic heterocycles. The average Bonchev–Trinajstić information content (AvgIpc) is 2.73. The number of nitrogens with zero attached hydrogens (tertiary/aromatic N) is 4. The first-order valence-corrected chi connectivity index (χ1v) is 7.54. The normalized spacial score (nSPS) is 14.6. The van der Waals surface area contributed by atoms with Gasteiger partial charge in [0, 0.05) is 18.7 Å². The molecule has 6 heteroatoms. The number of nitrogens with one attached hydrogen (secondary N) is 1. The van der Waals surface area contributed by atoms with Crippen molar-refractivity contribution in [2.75, 3.05) is 5.32 Å². The predicted octanol–water partition coefficient (Wildman–Crippen LogP) is 3.44. The van der Waals surface area contributed by atoms with Gasteiger partial charge in [0.2, 0.25) is 0 Å². The Morgan fingerprint density at radius 1 is 1.05 bits per heavy atom. The highest BCUT2D eigenvalue weighted by Crippen LogP contribution is 2.26. The van der Waals surface area contributed by atoms with Gasteiger partial charge in [-0.2, -0.15) is 0 Å². The number of fused-ring (bicyclic) bond motifs is 3. The molecule has 1 N–H and O–H groups in total. The standard InChI is InChI=1S/C16H16FN5/c17-11-5-7-12(8-6-11)20-15-14-16(19-10-18-15)22-9-3-1-2-4-13(22)21-14/h5-8,10H,1-4,9H2,(H,18,19,20). The molecule has 3 aromatic rings. The SMILES string of the molecule is Fc1ccc(Nc2ncnc3c2nc2n3CCCCC2)cc1. The van der Waals surface area contributed by atoms with Crippen molar-refractivity contribution in [3.8, 4) is 0 Å². The van der Waals surface area contributed by atoms with E-state index >= 15 is 0 Å². The second-order valence-corrected chi connectivity index (χ2v) is 5.52. The molecule has 0 bridgehead atoms. The summed E-state index contributed by atoms with van der Waals surface area (Å²) in [5.74, 6) is 1.49. The zero-order valence-electron chi connectivity index (χ0n) is 12.1. The number of anilines is 2. The predicted molar refractivity (Wildman–Crippen MR) is 82.6 cm³/mol. The Hall–Kier alpha value is -2.50. The van der Waals surface area contributed by atoms with E-state index in [9.17, 15) is 4.39 Å². The molecular weight excluding hydrogens is 281 g/mol. The second-order valence-electron chi connectivity index (χ2n) is 5.52. The Kier molecular flexibility index (Phi) is 3.21. The summed E-state index contributed by atoms with van der Waals surface area (Å²) in [4.78, 5) is 13.4. The van der Waals surface area contributed by atoms with Gasteiger partial charge in [0.15, 0.2) is 17.0 Å². The van der Waals surface area contributed by atoms with Crippen LogP contribution in [0.15, 0.2) is 30.6 Å². The Labute approximate surface area is 127 Å². The lowest BCUT2D eigenvalue weighted by atomic mass is 10.2. The fourth-order valence-corrected chi connectivity index (χ4v) is 2.90. The molecule has 0 aliphatic carbocycles. The maximum absolute atomic E-state index is 13.0. The summed E-state index contributed by atoms with van der Waals surface area (Å²) in [6, 6.07) is 6.21. The summed E-state index contributed by atoms with van der Waals surface area (Å²) < 4.78 is 15.2. The Morgan fingerprint density at radius 3 is 2.77 bits per heavy atom. The molecule has 5 nitrogen and oxygen atoms in total. The first-order chi connectivity index (χ1) is 10.8. The van der Waals surface area contributed by atoms with Gasteiger partial charge in [0.1, 0.15) is 18.0 Å². The van der Waals surface area contributed by atoms with E-state index in [0.29, 0.717) is 5.82 Å². The Bertz CT molecular complexity index is 809. The van der Waals surface area contributed by atoms with Crippen LogP contribution in [0.2, 0.25) is 0 Å². The van der Waals surface area contributed by atoms with Crippen LogP contribution in [0, 0.1) is 5.82 Å². The fraction of sp³-hybridized carbons (Fsp3) is 0.312. The molecule has 4 rings (SSSR count). The van der Waals surface area contributed by atoms with Crippen molar-refractivity contribution in [2.24, 2.45) is 0 Å². The quantitative estimate of drug-likeness (QED) is 0.787. The molecule has 0 fully saturated rings. The van der Waals surface area contributed by atoms with Gasteiger partial charge in [-0.3, -0.25) is 0 Å². The van der Waals surface area contributed by atoms with Crippen LogP contribution in [-0.4, -0.2) is 19.5 Å². The van der Waals surface area contributed by atoms with E-state index in [2.05, 4.69) is 19.9 Å². The van der Waals surface area contributed by atoms with Gasteiger partial charge in [-0.05, 0) is 37.1 Å². The van der Waals surface area contributed by atoms with E-state index in [1.165, 1.54) is 18.6 Å². The van der Waals surface area contributed by atoms with Gasteiger partial charge < -0.3 is 9.88 Å². The number of benzene rings is 1. The van der Waals surface area contributed by atoms with E-state index in [1.807, 2.05) is 0 Å². The maximum atomic E-state index is 13.0. The van der Waals surface area contributed by atoms with E-state index in [1.54, 1.807) is 18.5 Å². The molecule has 1 aromatic carbocycles. The highest BCUT2D eigenvalue weighted by Gasteiger charge is 2.17. The Morgan fingerprint density at radius 2 is 1.91 bits per heavy atom. The summed E-state index contributed by atoms with van der Waals surface area (Å²) in [6.07, 6.45) is 6.08. The molecule has 0 atom stereocenters. The van der Waals surface area contributed by atoms with Gasteiger partial charge in [-0.1, -0.05) is 6.42 Å². The van der Waals surface area contributed by atoms with Crippen molar-refractivity contribution in [3.63, 3.8) is 0 Å². The number of aryl methyl sites for hydroxylation is 2. The lowest BCUT2D eigenvalue weighted by molar-refractivity contribution is 0.628. The zero-order valence-corrected chi connectivity index (χ0v) is 12.1. The molecule has 1 aliphatic heterocycles. The summed E-state index contributed by atoms with van der Waals surface area (Å²) in [6.45, 7) is 0.957. The van der Waals surface area contributed by atoms with Gasteiger partial charge in [0.25, 0.3) is 0 Å². The third kappa shape index (κ3) is 2.30. The lowest BCUT2D eigenvalue weighted by Crippen LogP contribution is -2.01. The van der Waals surface area contributed by atoms with Gasteiger partial charge in [-0.25, -0.2) is 19.3 Å².